The summed E-state index contributed by atoms with van der Waals surface area (Å²) in [5, 5.41) is 3.13. The van der Waals surface area contributed by atoms with Gasteiger partial charge in [0.15, 0.2) is 0 Å². The molecule has 0 saturated heterocycles. The summed E-state index contributed by atoms with van der Waals surface area (Å²) in [7, 11) is 3.10. The van der Waals surface area contributed by atoms with E-state index in [1.807, 2.05) is 20.8 Å². The van der Waals surface area contributed by atoms with Gasteiger partial charge >= 0.3 is 0 Å². The fourth-order valence-electron chi connectivity index (χ4n) is 3.36. The number of ether oxygens (including phenoxy) is 3. The van der Waals surface area contributed by atoms with Crippen molar-refractivity contribution in [3.05, 3.63) is 53.7 Å². The van der Waals surface area contributed by atoms with Crippen molar-refractivity contribution in [2.75, 3.05) is 26.1 Å². The van der Waals surface area contributed by atoms with E-state index in [9.17, 15) is 9.59 Å². The summed E-state index contributed by atoms with van der Waals surface area (Å²) < 4.78 is 16.3. The molecule has 2 amide bonds. The van der Waals surface area contributed by atoms with Gasteiger partial charge in [-0.3, -0.25) is 14.5 Å². The average Bonchev–Trinajstić information content (AvgIpc) is 3.01. The molecule has 2 aromatic rings. The zero-order chi connectivity index (χ0) is 22.5. The first kappa shape index (κ1) is 22.2. The van der Waals surface area contributed by atoms with Gasteiger partial charge in [0.25, 0.3) is 11.8 Å². The van der Waals surface area contributed by atoms with Gasteiger partial charge in [0.1, 0.15) is 22.9 Å². The van der Waals surface area contributed by atoms with Gasteiger partial charge in [-0.1, -0.05) is 19.1 Å². The number of benzene rings is 2. The van der Waals surface area contributed by atoms with Gasteiger partial charge in [-0.2, -0.15) is 0 Å². The molecule has 0 atom stereocenters. The maximum Gasteiger partial charge on any atom is 0.278 e. The zero-order valence-corrected chi connectivity index (χ0v) is 18.5. The van der Waals surface area contributed by atoms with E-state index in [-0.39, 0.29) is 23.6 Å². The summed E-state index contributed by atoms with van der Waals surface area (Å²) in [5.74, 6) is 1.15. The molecule has 0 radical (unpaired) electrons. The third-order valence-corrected chi connectivity index (χ3v) is 4.87. The molecule has 0 aliphatic carbocycles. The lowest BCUT2D eigenvalue weighted by atomic mass is 10.0. The Labute approximate surface area is 182 Å². The van der Waals surface area contributed by atoms with Gasteiger partial charge in [-0.15, -0.1) is 0 Å². The van der Waals surface area contributed by atoms with E-state index >= 15 is 0 Å². The van der Waals surface area contributed by atoms with Crippen LogP contribution in [0.2, 0.25) is 0 Å². The minimum atomic E-state index is -0.372. The third-order valence-electron chi connectivity index (χ3n) is 4.87. The molecule has 164 valence electrons. The Morgan fingerprint density at radius 2 is 1.52 bits per heavy atom. The highest BCUT2D eigenvalue weighted by molar-refractivity contribution is 6.36. The highest BCUT2D eigenvalue weighted by Crippen LogP contribution is 2.34. The van der Waals surface area contributed by atoms with Gasteiger partial charge < -0.3 is 19.5 Å². The number of anilines is 1. The van der Waals surface area contributed by atoms with Crippen LogP contribution in [-0.4, -0.2) is 43.6 Å². The van der Waals surface area contributed by atoms with Gasteiger partial charge in [0, 0.05) is 29.9 Å². The topological polar surface area (TPSA) is 77.1 Å². The average molecular weight is 424 g/mol. The fourth-order valence-corrected chi connectivity index (χ4v) is 3.36. The predicted molar refractivity (Wildman–Crippen MR) is 119 cm³/mol. The summed E-state index contributed by atoms with van der Waals surface area (Å²) in [6.07, 6.45) is 0.904. The summed E-state index contributed by atoms with van der Waals surface area (Å²) in [5.41, 5.74) is 1.76. The van der Waals surface area contributed by atoms with Crippen LogP contribution in [0.5, 0.6) is 17.2 Å². The van der Waals surface area contributed by atoms with Crippen molar-refractivity contribution in [3.8, 4) is 17.2 Å². The van der Waals surface area contributed by atoms with E-state index in [1.54, 1.807) is 56.7 Å². The van der Waals surface area contributed by atoms with E-state index in [1.165, 1.54) is 4.90 Å². The van der Waals surface area contributed by atoms with Crippen molar-refractivity contribution in [2.24, 2.45) is 0 Å². The van der Waals surface area contributed by atoms with Gasteiger partial charge in [-0.05, 0) is 38.0 Å². The van der Waals surface area contributed by atoms with Crippen LogP contribution in [0.15, 0.2) is 48.2 Å². The summed E-state index contributed by atoms with van der Waals surface area (Å²) in [4.78, 5) is 27.6. The number of hydrogen-bond acceptors (Lipinski definition) is 6. The zero-order valence-electron chi connectivity index (χ0n) is 18.5. The van der Waals surface area contributed by atoms with E-state index < -0.39 is 0 Å². The third kappa shape index (κ3) is 4.66. The monoisotopic (exact) mass is 424 g/mol. The van der Waals surface area contributed by atoms with Gasteiger partial charge in [-0.25, -0.2) is 0 Å². The Balaban J connectivity index is 2.04. The van der Waals surface area contributed by atoms with Crippen molar-refractivity contribution in [2.45, 2.75) is 33.2 Å². The molecule has 1 N–H and O–H groups in total. The molecule has 7 heteroatoms. The summed E-state index contributed by atoms with van der Waals surface area (Å²) in [6, 6.07) is 12.1. The molecule has 0 unspecified atom stereocenters. The molecule has 0 aromatic heterocycles. The van der Waals surface area contributed by atoms with Crippen LogP contribution in [0, 0.1) is 0 Å². The standard InChI is InChI=1S/C24H28N2O5/c1-6-11-31-18-9-7-16(8-10-18)21-22(24(28)26(15(2)3)23(21)27)25-17-12-19(29-4)14-20(13-17)30-5/h7-10,12-15,25H,6,11H2,1-5H3. The molecule has 1 heterocycles. The van der Waals surface area contributed by atoms with Crippen LogP contribution in [0.25, 0.3) is 5.57 Å². The fraction of sp³-hybridized carbons (Fsp3) is 0.333. The molecule has 0 spiro atoms. The first-order valence-corrected chi connectivity index (χ1v) is 10.2. The Morgan fingerprint density at radius 1 is 0.903 bits per heavy atom. The van der Waals surface area contributed by atoms with Crippen molar-refractivity contribution in [1.29, 1.82) is 0 Å². The van der Waals surface area contributed by atoms with Crippen molar-refractivity contribution in [3.63, 3.8) is 0 Å². The Kier molecular flexibility index (Phi) is 6.84. The number of hydrogen-bond donors (Lipinski definition) is 1. The van der Waals surface area contributed by atoms with Crippen LogP contribution in [0.4, 0.5) is 5.69 Å². The van der Waals surface area contributed by atoms with Gasteiger partial charge in [0.05, 0.1) is 26.4 Å². The molecule has 7 nitrogen and oxygen atoms in total. The van der Waals surface area contributed by atoms with E-state index in [2.05, 4.69) is 5.32 Å². The summed E-state index contributed by atoms with van der Waals surface area (Å²) in [6.45, 7) is 6.28. The Hall–Kier alpha value is -3.48. The molecular formula is C24H28N2O5. The lowest BCUT2D eigenvalue weighted by molar-refractivity contribution is -0.138. The maximum atomic E-state index is 13.2. The minimum absolute atomic E-state index is 0.219. The van der Waals surface area contributed by atoms with Crippen molar-refractivity contribution >= 4 is 23.1 Å². The number of imide groups is 1. The number of carbonyl (C=O) groups is 2. The normalized spacial score (nSPS) is 13.8. The molecular weight excluding hydrogens is 396 g/mol. The molecule has 1 aliphatic heterocycles. The Morgan fingerprint density at radius 3 is 2.03 bits per heavy atom. The Bertz CT molecular complexity index is 973. The smallest absolute Gasteiger partial charge is 0.278 e. The van der Waals surface area contributed by atoms with Crippen LogP contribution in [-0.2, 0) is 9.59 Å². The number of carbonyl (C=O) groups excluding carboxylic acids is 2. The van der Waals surface area contributed by atoms with Crippen molar-refractivity contribution < 1.29 is 23.8 Å². The largest absolute Gasteiger partial charge is 0.497 e. The minimum Gasteiger partial charge on any atom is -0.497 e. The number of nitrogens with zero attached hydrogens (tertiary/aromatic N) is 1. The van der Waals surface area contributed by atoms with Crippen LogP contribution in [0.3, 0.4) is 0 Å². The number of methoxy groups -OCH3 is 2. The molecule has 31 heavy (non-hydrogen) atoms. The van der Waals surface area contributed by atoms with Crippen LogP contribution < -0.4 is 19.5 Å². The predicted octanol–water partition coefficient (Wildman–Crippen LogP) is 4.09. The second-order valence-corrected chi connectivity index (χ2v) is 7.42. The van der Waals surface area contributed by atoms with Gasteiger partial charge in [0.2, 0.25) is 0 Å². The number of nitrogens with one attached hydrogen (secondary N) is 1. The quantitative estimate of drug-likeness (QED) is 0.611. The lowest BCUT2D eigenvalue weighted by Gasteiger charge is -2.19. The molecule has 3 rings (SSSR count). The number of amides is 2. The molecule has 0 bridgehead atoms. The summed E-state index contributed by atoms with van der Waals surface area (Å²) >= 11 is 0. The van der Waals surface area contributed by atoms with E-state index in [0.717, 1.165) is 12.2 Å². The second-order valence-electron chi connectivity index (χ2n) is 7.42. The lowest BCUT2D eigenvalue weighted by Crippen LogP contribution is -2.38. The van der Waals surface area contributed by atoms with Crippen molar-refractivity contribution in [1.82, 2.24) is 4.90 Å². The molecule has 1 aliphatic rings. The second kappa shape index (κ2) is 9.55. The van der Waals surface area contributed by atoms with Crippen LogP contribution in [0.1, 0.15) is 32.8 Å². The molecule has 0 fully saturated rings. The molecule has 2 aromatic carbocycles. The first-order chi connectivity index (χ1) is 14.9. The maximum absolute atomic E-state index is 13.2. The highest BCUT2D eigenvalue weighted by Gasteiger charge is 2.40. The number of rotatable bonds is 9. The molecule has 0 saturated carbocycles. The van der Waals surface area contributed by atoms with E-state index in [0.29, 0.717) is 34.9 Å². The highest BCUT2D eigenvalue weighted by atomic mass is 16.5. The van der Waals surface area contributed by atoms with Crippen LogP contribution >= 0.6 is 0 Å². The SMILES string of the molecule is CCCOc1ccc(C2=C(Nc3cc(OC)cc(OC)c3)C(=O)N(C(C)C)C2=O)cc1. The van der Waals surface area contributed by atoms with E-state index in [4.69, 9.17) is 14.2 Å². The first-order valence-electron chi connectivity index (χ1n) is 10.2.